The molecule has 1 aliphatic rings. The van der Waals surface area contributed by atoms with E-state index in [4.69, 9.17) is 4.74 Å². The van der Waals surface area contributed by atoms with E-state index in [2.05, 4.69) is 37.2 Å². The van der Waals surface area contributed by atoms with Crippen molar-refractivity contribution in [2.75, 3.05) is 18.1 Å². The number of anilines is 1. The molecule has 120 valence electrons. The smallest absolute Gasteiger partial charge is 0.414 e. The van der Waals surface area contributed by atoms with Gasteiger partial charge in [-0.1, -0.05) is 12.1 Å². The standard InChI is InChI=1S/C15H12Br2N2O3S/c16-11-7-12(23-13(11)17)14(20)18-8-9-2-1-3-10(6-9)19-4-5-22-15(19)21/h1-3,6-7H,4-5,8H2,(H,18,20). The molecular weight excluding hydrogens is 448 g/mol. The van der Waals surface area contributed by atoms with Gasteiger partial charge in [0.15, 0.2) is 0 Å². The molecule has 5 nitrogen and oxygen atoms in total. The molecule has 1 saturated heterocycles. The first kappa shape index (κ1) is 16.5. The number of hydrogen-bond donors (Lipinski definition) is 1. The van der Waals surface area contributed by atoms with Gasteiger partial charge in [0, 0.05) is 16.7 Å². The van der Waals surface area contributed by atoms with E-state index in [1.807, 2.05) is 24.3 Å². The van der Waals surface area contributed by atoms with E-state index in [9.17, 15) is 9.59 Å². The molecule has 0 radical (unpaired) electrons. The van der Waals surface area contributed by atoms with Crippen LogP contribution in [-0.4, -0.2) is 25.2 Å². The second kappa shape index (κ2) is 7.02. The summed E-state index contributed by atoms with van der Waals surface area (Å²) >= 11 is 8.11. The van der Waals surface area contributed by atoms with Crippen molar-refractivity contribution in [3.63, 3.8) is 0 Å². The summed E-state index contributed by atoms with van der Waals surface area (Å²) in [7, 11) is 0. The van der Waals surface area contributed by atoms with Crippen LogP contribution in [0.15, 0.2) is 38.6 Å². The van der Waals surface area contributed by atoms with Crippen molar-refractivity contribution < 1.29 is 14.3 Å². The molecule has 23 heavy (non-hydrogen) atoms. The van der Waals surface area contributed by atoms with Gasteiger partial charge in [-0.15, -0.1) is 11.3 Å². The van der Waals surface area contributed by atoms with E-state index in [0.29, 0.717) is 24.6 Å². The molecule has 1 aliphatic heterocycles. The maximum absolute atomic E-state index is 12.1. The summed E-state index contributed by atoms with van der Waals surface area (Å²) in [6.45, 7) is 1.34. The molecule has 0 unspecified atom stereocenters. The normalized spacial score (nSPS) is 14.0. The van der Waals surface area contributed by atoms with Crippen LogP contribution in [0.25, 0.3) is 0 Å². The lowest BCUT2D eigenvalue weighted by Gasteiger charge is -2.14. The van der Waals surface area contributed by atoms with Gasteiger partial charge in [0.2, 0.25) is 0 Å². The van der Waals surface area contributed by atoms with Crippen molar-refractivity contribution in [3.8, 4) is 0 Å². The Bertz CT molecular complexity index is 743. The highest BCUT2D eigenvalue weighted by Gasteiger charge is 2.23. The summed E-state index contributed by atoms with van der Waals surface area (Å²) in [6, 6.07) is 9.28. The number of nitrogens with one attached hydrogen (secondary N) is 1. The highest BCUT2D eigenvalue weighted by Crippen LogP contribution is 2.32. The number of carbonyl (C=O) groups excluding carboxylic acids is 2. The molecule has 0 spiro atoms. The molecule has 2 amide bonds. The Kier molecular flexibility index (Phi) is 5.03. The van der Waals surface area contributed by atoms with Crippen LogP contribution in [0.4, 0.5) is 10.5 Å². The number of cyclic esters (lactones) is 1. The molecule has 0 atom stereocenters. The van der Waals surface area contributed by atoms with E-state index in [0.717, 1.165) is 19.5 Å². The third-order valence-corrected chi connectivity index (χ3v) is 6.56. The Morgan fingerprint density at radius 3 is 2.83 bits per heavy atom. The molecule has 1 aromatic carbocycles. The summed E-state index contributed by atoms with van der Waals surface area (Å²) < 4.78 is 6.69. The number of thiophene rings is 1. The molecule has 2 heterocycles. The summed E-state index contributed by atoms with van der Waals surface area (Å²) in [5.74, 6) is -0.132. The summed E-state index contributed by atoms with van der Waals surface area (Å²) in [6.07, 6.45) is -0.334. The van der Waals surface area contributed by atoms with Crippen molar-refractivity contribution in [3.05, 3.63) is 49.0 Å². The Morgan fingerprint density at radius 2 is 2.17 bits per heavy atom. The predicted molar refractivity (Wildman–Crippen MR) is 96.0 cm³/mol. The zero-order valence-corrected chi connectivity index (χ0v) is 15.8. The molecule has 2 aromatic rings. The van der Waals surface area contributed by atoms with E-state index in [1.54, 1.807) is 11.0 Å². The van der Waals surface area contributed by atoms with E-state index in [1.165, 1.54) is 11.3 Å². The largest absolute Gasteiger partial charge is 0.447 e. The Hall–Kier alpha value is -1.38. The van der Waals surface area contributed by atoms with Gasteiger partial charge in [0.1, 0.15) is 6.61 Å². The lowest BCUT2D eigenvalue weighted by molar-refractivity contribution is 0.0955. The molecule has 0 bridgehead atoms. The van der Waals surface area contributed by atoms with Crippen LogP contribution in [0.3, 0.4) is 0 Å². The van der Waals surface area contributed by atoms with Crippen molar-refractivity contribution in [2.24, 2.45) is 0 Å². The summed E-state index contributed by atoms with van der Waals surface area (Å²) in [5, 5.41) is 2.88. The van der Waals surface area contributed by atoms with Gasteiger partial charge >= 0.3 is 6.09 Å². The minimum atomic E-state index is -0.334. The fraction of sp³-hybridized carbons (Fsp3) is 0.200. The first-order valence-electron chi connectivity index (χ1n) is 6.81. The monoisotopic (exact) mass is 458 g/mol. The maximum Gasteiger partial charge on any atom is 0.414 e. The highest BCUT2D eigenvalue weighted by atomic mass is 79.9. The second-order valence-electron chi connectivity index (χ2n) is 4.85. The zero-order valence-electron chi connectivity index (χ0n) is 11.8. The lowest BCUT2D eigenvalue weighted by Crippen LogP contribution is -2.24. The third-order valence-electron chi connectivity index (χ3n) is 3.31. The maximum atomic E-state index is 12.1. The first-order chi connectivity index (χ1) is 11.0. The van der Waals surface area contributed by atoms with Gasteiger partial charge in [-0.05, 0) is 55.6 Å². The van der Waals surface area contributed by atoms with Crippen LogP contribution in [0.1, 0.15) is 15.2 Å². The first-order valence-corrected chi connectivity index (χ1v) is 9.21. The molecule has 1 fully saturated rings. The van der Waals surface area contributed by atoms with Crippen LogP contribution >= 0.6 is 43.2 Å². The Morgan fingerprint density at radius 1 is 1.35 bits per heavy atom. The quantitative estimate of drug-likeness (QED) is 0.746. The minimum absolute atomic E-state index is 0.132. The summed E-state index contributed by atoms with van der Waals surface area (Å²) in [4.78, 5) is 26.0. The number of halogens is 2. The highest BCUT2D eigenvalue weighted by molar-refractivity contribution is 9.13. The van der Waals surface area contributed by atoms with Gasteiger partial charge in [-0.25, -0.2) is 4.79 Å². The van der Waals surface area contributed by atoms with Gasteiger partial charge in [-0.3, -0.25) is 9.69 Å². The van der Waals surface area contributed by atoms with Crippen molar-refractivity contribution in [2.45, 2.75) is 6.54 Å². The topological polar surface area (TPSA) is 58.6 Å². The predicted octanol–water partition coefficient (Wildman–Crippen LogP) is 4.16. The molecule has 0 saturated carbocycles. The number of amides is 2. The number of benzene rings is 1. The van der Waals surface area contributed by atoms with Gasteiger partial charge in [-0.2, -0.15) is 0 Å². The van der Waals surface area contributed by atoms with Crippen LogP contribution in [0.2, 0.25) is 0 Å². The second-order valence-corrected chi connectivity index (χ2v) is 8.08. The molecule has 8 heteroatoms. The van der Waals surface area contributed by atoms with Crippen LogP contribution < -0.4 is 10.2 Å². The minimum Gasteiger partial charge on any atom is -0.447 e. The van der Waals surface area contributed by atoms with Crippen LogP contribution in [-0.2, 0) is 11.3 Å². The van der Waals surface area contributed by atoms with Gasteiger partial charge < -0.3 is 10.1 Å². The van der Waals surface area contributed by atoms with Crippen molar-refractivity contribution in [1.82, 2.24) is 5.32 Å². The summed E-state index contributed by atoms with van der Waals surface area (Å²) in [5.41, 5.74) is 1.70. The molecule has 1 aromatic heterocycles. The average Bonchev–Trinajstić information content (AvgIpc) is 3.11. The SMILES string of the molecule is O=C(NCc1cccc(N2CCOC2=O)c1)c1cc(Br)c(Br)s1. The molecule has 0 aliphatic carbocycles. The number of rotatable bonds is 4. The average molecular weight is 460 g/mol. The van der Waals surface area contributed by atoms with E-state index in [-0.39, 0.29) is 12.0 Å². The lowest BCUT2D eigenvalue weighted by atomic mass is 10.2. The number of nitrogens with zero attached hydrogens (tertiary/aromatic N) is 1. The number of hydrogen-bond acceptors (Lipinski definition) is 4. The zero-order chi connectivity index (χ0) is 16.4. The van der Waals surface area contributed by atoms with Crippen LogP contribution in [0, 0.1) is 0 Å². The van der Waals surface area contributed by atoms with Crippen LogP contribution in [0.5, 0.6) is 0 Å². The third kappa shape index (κ3) is 3.76. The Labute approximate surface area is 153 Å². The molecule has 1 N–H and O–H groups in total. The Balaban J connectivity index is 1.66. The van der Waals surface area contributed by atoms with Gasteiger partial charge in [0.25, 0.3) is 5.91 Å². The van der Waals surface area contributed by atoms with E-state index >= 15 is 0 Å². The van der Waals surface area contributed by atoms with Gasteiger partial charge in [0.05, 0.1) is 15.2 Å². The number of carbonyl (C=O) groups is 2. The molecule has 3 rings (SSSR count). The van der Waals surface area contributed by atoms with Crippen molar-refractivity contribution >= 4 is 60.9 Å². The fourth-order valence-corrected chi connectivity index (χ4v) is 4.14. The molecular formula is C15H12Br2N2O3S. The van der Waals surface area contributed by atoms with E-state index < -0.39 is 0 Å². The fourth-order valence-electron chi connectivity index (χ4n) is 2.19. The number of ether oxygens (including phenoxy) is 1. The van der Waals surface area contributed by atoms with Crippen molar-refractivity contribution in [1.29, 1.82) is 0 Å².